The highest BCUT2D eigenvalue weighted by molar-refractivity contribution is 5.95. The number of carbonyl (C=O) groups excluding carboxylic acids is 1. The summed E-state index contributed by atoms with van der Waals surface area (Å²) in [6.07, 6.45) is 3.88. The third-order valence-electron chi connectivity index (χ3n) is 4.83. The van der Waals surface area contributed by atoms with Crippen LogP contribution in [0.1, 0.15) is 21.6 Å². The van der Waals surface area contributed by atoms with Gasteiger partial charge in [0, 0.05) is 39.0 Å². The van der Waals surface area contributed by atoms with E-state index in [0.717, 1.165) is 30.0 Å². The first-order chi connectivity index (χ1) is 13.1. The molecule has 1 atom stereocenters. The van der Waals surface area contributed by atoms with Crippen LogP contribution in [0.15, 0.2) is 24.5 Å². The molecule has 7 nitrogen and oxygen atoms in total. The first-order valence-electron chi connectivity index (χ1n) is 8.97. The highest BCUT2D eigenvalue weighted by Crippen LogP contribution is 2.29. The van der Waals surface area contributed by atoms with E-state index in [2.05, 4.69) is 20.6 Å². The van der Waals surface area contributed by atoms with Gasteiger partial charge in [0.15, 0.2) is 5.82 Å². The highest BCUT2D eigenvalue weighted by atomic mass is 19.1. The van der Waals surface area contributed by atoms with Crippen LogP contribution in [0.2, 0.25) is 0 Å². The fraction of sp³-hybridized carbons (Fsp3) is 0.368. The number of pyridine rings is 1. The normalized spacial score (nSPS) is 17.4. The van der Waals surface area contributed by atoms with Gasteiger partial charge in [-0.1, -0.05) is 0 Å². The number of rotatable bonds is 4. The van der Waals surface area contributed by atoms with Crippen LogP contribution >= 0.6 is 0 Å². The fourth-order valence-electron chi connectivity index (χ4n) is 3.44. The van der Waals surface area contributed by atoms with Crippen molar-refractivity contribution < 1.29 is 13.9 Å². The molecule has 1 fully saturated rings. The standard InChI is InChI=1S/C19H22FN5O2/c1-11-3-5-25-14(8-12-9-22-4-6-27-12)17(24-15(25)7-11)18-16(20)13(10-23-18)19(26)21-2/h3,5,7,10,12,22-23H,4,6,8-9H2,1-2H3,(H,21,26). The molecule has 0 aliphatic carbocycles. The van der Waals surface area contributed by atoms with Crippen molar-refractivity contribution in [2.24, 2.45) is 0 Å². The van der Waals surface area contributed by atoms with Gasteiger partial charge in [0.25, 0.3) is 5.91 Å². The molecule has 1 amide bonds. The van der Waals surface area contributed by atoms with Crippen LogP contribution in [0.25, 0.3) is 17.0 Å². The average molecular weight is 371 g/mol. The molecule has 0 bridgehead atoms. The Balaban J connectivity index is 1.83. The molecule has 8 heteroatoms. The van der Waals surface area contributed by atoms with Crippen molar-refractivity contribution in [1.29, 1.82) is 0 Å². The second kappa shape index (κ2) is 7.13. The van der Waals surface area contributed by atoms with E-state index < -0.39 is 11.7 Å². The van der Waals surface area contributed by atoms with Crippen LogP contribution < -0.4 is 10.6 Å². The van der Waals surface area contributed by atoms with Crippen LogP contribution in [-0.2, 0) is 11.2 Å². The summed E-state index contributed by atoms with van der Waals surface area (Å²) in [6, 6.07) is 3.94. The van der Waals surface area contributed by atoms with Gasteiger partial charge in [-0.25, -0.2) is 9.37 Å². The minimum atomic E-state index is -0.599. The Morgan fingerprint density at radius 2 is 2.37 bits per heavy atom. The molecule has 3 aromatic rings. The van der Waals surface area contributed by atoms with Gasteiger partial charge in [-0.2, -0.15) is 0 Å². The molecule has 1 aliphatic rings. The Morgan fingerprint density at radius 1 is 1.52 bits per heavy atom. The van der Waals surface area contributed by atoms with Crippen LogP contribution in [-0.4, -0.2) is 53.1 Å². The lowest BCUT2D eigenvalue weighted by atomic mass is 10.1. The number of ether oxygens (including phenoxy) is 1. The van der Waals surface area contributed by atoms with Crippen LogP contribution in [0.3, 0.4) is 0 Å². The third kappa shape index (κ3) is 3.22. The molecule has 0 radical (unpaired) electrons. The molecular formula is C19H22FN5O2. The van der Waals surface area contributed by atoms with Crippen molar-refractivity contribution in [3.63, 3.8) is 0 Å². The molecular weight excluding hydrogens is 349 g/mol. The Labute approximate surface area is 155 Å². The van der Waals surface area contributed by atoms with Gasteiger partial charge in [0.2, 0.25) is 0 Å². The fourth-order valence-corrected chi connectivity index (χ4v) is 3.44. The number of aromatic amines is 1. The molecule has 27 heavy (non-hydrogen) atoms. The molecule has 1 unspecified atom stereocenters. The number of carbonyl (C=O) groups is 1. The van der Waals surface area contributed by atoms with Gasteiger partial charge in [-0.15, -0.1) is 0 Å². The molecule has 3 N–H and O–H groups in total. The molecule has 1 saturated heterocycles. The van der Waals surface area contributed by atoms with E-state index >= 15 is 0 Å². The zero-order chi connectivity index (χ0) is 19.0. The largest absolute Gasteiger partial charge is 0.375 e. The van der Waals surface area contributed by atoms with Gasteiger partial charge in [0.1, 0.15) is 17.0 Å². The lowest BCUT2D eigenvalue weighted by Gasteiger charge is -2.23. The summed E-state index contributed by atoms with van der Waals surface area (Å²) in [5.41, 5.74) is 3.35. The molecule has 1 aliphatic heterocycles. The summed E-state index contributed by atoms with van der Waals surface area (Å²) in [6.45, 7) is 4.19. The number of nitrogens with zero attached hydrogens (tertiary/aromatic N) is 2. The predicted octanol–water partition coefficient (Wildman–Crippen LogP) is 1.67. The topological polar surface area (TPSA) is 83.5 Å². The van der Waals surface area contributed by atoms with E-state index in [4.69, 9.17) is 4.74 Å². The number of fused-ring (bicyclic) bond motifs is 1. The third-order valence-corrected chi connectivity index (χ3v) is 4.83. The predicted molar refractivity (Wildman–Crippen MR) is 99.4 cm³/mol. The number of hydrogen-bond donors (Lipinski definition) is 3. The van der Waals surface area contributed by atoms with E-state index in [1.54, 1.807) is 0 Å². The summed E-state index contributed by atoms with van der Waals surface area (Å²) >= 11 is 0. The molecule has 3 aromatic heterocycles. The lowest BCUT2D eigenvalue weighted by molar-refractivity contribution is 0.0286. The average Bonchev–Trinajstić information content (AvgIpc) is 3.22. The number of nitrogens with one attached hydrogen (secondary N) is 3. The highest BCUT2D eigenvalue weighted by Gasteiger charge is 2.25. The van der Waals surface area contributed by atoms with E-state index in [9.17, 15) is 9.18 Å². The first kappa shape index (κ1) is 17.7. The SMILES string of the molecule is CNC(=O)c1c[nH]c(-c2nc3cc(C)ccn3c2CC2CNCCO2)c1F. The Bertz CT molecular complexity index is 988. The molecule has 0 spiro atoms. The number of halogens is 1. The van der Waals surface area contributed by atoms with Crippen molar-refractivity contribution in [3.05, 3.63) is 47.2 Å². The first-order valence-corrected chi connectivity index (χ1v) is 8.97. The van der Waals surface area contributed by atoms with Crippen molar-refractivity contribution >= 4 is 11.6 Å². The number of morpholine rings is 1. The summed E-state index contributed by atoms with van der Waals surface area (Å²) < 4.78 is 22.7. The molecule has 0 aromatic carbocycles. The Hall–Kier alpha value is -2.71. The molecule has 4 rings (SSSR count). The maximum Gasteiger partial charge on any atom is 0.255 e. The Morgan fingerprint density at radius 3 is 3.11 bits per heavy atom. The summed E-state index contributed by atoms with van der Waals surface area (Å²) in [5.74, 6) is -1.07. The number of amides is 1. The van der Waals surface area contributed by atoms with Crippen LogP contribution in [0.5, 0.6) is 0 Å². The van der Waals surface area contributed by atoms with Gasteiger partial charge in [-0.05, 0) is 24.6 Å². The van der Waals surface area contributed by atoms with E-state index in [1.807, 2.05) is 29.7 Å². The van der Waals surface area contributed by atoms with Crippen molar-refractivity contribution in [1.82, 2.24) is 25.0 Å². The lowest BCUT2D eigenvalue weighted by Crippen LogP contribution is -2.39. The molecule has 4 heterocycles. The number of hydrogen-bond acceptors (Lipinski definition) is 4. The minimum Gasteiger partial charge on any atom is -0.375 e. The molecule has 142 valence electrons. The van der Waals surface area contributed by atoms with Gasteiger partial charge < -0.3 is 24.8 Å². The summed E-state index contributed by atoms with van der Waals surface area (Å²) in [4.78, 5) is 19.4. The van der Waals surface area contributed by atoms with Gasteiger partial charge >= 0.3 is 0 Å². The van der Waals surface area contributed by atoms with Crippen molar-refractivity contribution in [2.75, 3.05) is 26.7 Å². The quantitative estimate of drug-likeness (QED) is 0.651. The minimum absolute atomic E-state index is 0.0184. The number of H-pyrrole nitrogens is 1. The number of aromatic nitrogens is 3. The monoisotopic (exact) mass is 371 g/mol. The maximum absolute atomic E-state index is 14.9. The second-order valence-corrected chi connectivity index (χ2v) is 6.71. The van der Waals surface area contributed by atoms with Crippen LogP contribution in [0, 0.1) is 12.7 Å². The maximum atomic E-state index is 14.9. The number of aryl methyl sites for hydroxylation is 1. The van der Waals surface area contributed by atoms with Crippen molar-refractivity contribution in [3.8, 4) is 11.4 Å². The number of imidazole rings is 1. The van der Waals surface area contributed by atoms with Crippen LogP contribution in [0.4, 0.5) is 4.39 Å². The molecule has 0 saturated carbocycles. The van der Waals surface area contributed by atoms with Crippen molar-refractivity contribution in [2.45, 2.75) is 19.4 Å². The van der Waals surface area contributed by atoms with E-state index in [0.29, 0.717) is 18.7 Å². The smallest absolute Gasteiger partial charge is 0.255 e. The Kier molecular flexibility index (Phi) is 4.67. The zero-order valence-electron chi connectivity index (χ0n) is 15.3. The summed E-state index contributed by atoms with van der Waals surface area (Å²) in [7, 11) is 1.47. The second-order valence-electron chi connectivity index (χ2n) is 6.71. The van der Waals surface area contributed by atoms with E-state index in [1.165, 1.54) is 13.2 Å². The summed E-state index contributed by atoms with van der Waals surface area (Å²) in [5, 5.41) is 5.76. The van der Waals surface area contributed by atoms with Gasteiger partial charge in [0.05, 0.1) is 24.0 Å². The van der Waals surface area contributed by atoms with Gasteiger partial charge in [-0.3, -0.25) is 4.79 Å². The zero-order valence-corrected chi connectivity index (χ0v) is 15.3. The van der Waals surface area contributed by atoms with E-state index in [-0.39, 0.29) is 17.4 Å².